The third-order valence-electron chi connectivity index (χ3n) is 3.57. The maximum atomic E-state index is 12.2. The zero-order valence-corrected chi connectivity index (χ0v) is 10.7. The number of carbonyl (C=O) groups is 2. The average Bonchev–Trinajstić information content (AvgIpc) is 2.89. The molecule has 19 heavy (non-hydrogen) atoms. The van der Waals surface area contributed by atoms with Crippen molar-refractivity contribution < 1.29 is 19.4 Å². The fraction of sp³-hybridized carbons (Fsp3) is 0.692. The lowest BCUT2D eigenvalue weighted by atomic mass is 10.1. The molecule has 0 radical (unpaired) electrons. The van der Waals surface area contributed by atoms with E-state index in [9.17, 15) is 9.59 Å². The van der Waals surface area contributed by atoms with Crippen LogP contribution in [-0.2, 0) is 14.3 Å². The van der Waals surface area contributed by atoms with Gasteiger partial charge in [0.15, 0.2) is 6.10 Å². The van der Waals surface area contributed by atoms with Gasteiger partial charge in [0.2, 0.25) is 0 Å². The molecule has 0 spiro atoms. The zero-order valence-electron chi connectivity index (χ0n) is 10.7. The molecule has 0 bridgehead atoms. The van der Waals surface area contributed by atoms with Gasteiger partial charge >= 0.3 is 5.97 Å². The number of carbonyl (C=O) groups excluding carboxylic acids is 1. The van der Waals surface area contributed by atoms with Gasteiger partial charge in [0.1, 0.15) is 6.10 Å². The molecule has 0 unspecified atom stereocenters. The molecule has 0 aliphatic carbocycles. The first-order chi connectivity index (χ1) is 9.11. The van der Waals surface area contributed by atoms with Crippen LogP contribution in [0.1, 0.15) is 12.8 Å². The van der Waals surface area contributed by atoms with Crippen LogP contribution in [0.2, 0.25) is 0 Å². The Balaban J connectivity index is 1.82. The molecule has 0 saturated carbocycles. The van der Waals surface area contributed by atoms with Gasteiger partial charge in [-0.05, 0) is 12.8 Å². The second-order valence-electron chi connectivity index (χ2n) is 4.83. The summed E-state index contributed by atoms with van der Waals surface area (Å²) in [5.74, 6) is 1.50. The van der Waals surface area contributed by atoms with E-state index in [1.54, 1.807) is 4.90 Å². The summed E-state index contributed by atoms with van der Waals surface area (Å²) in [6, 6.07) is 0. The number of carboxylic acid groups (broad SMARTS) is 1. The maximum absolute atomic E-state index is 12.2. The molecule has 104 valence electrons. The number of hydrogen-bond donors (Lipinski definition) is 1. The van der Waals surface area contributed by atoms with Crippen molar-refractivity contribution in [3.63, 3.8) is 0 Å². The number of ether oxygens (including phenoxy) is 1. The van der Waals surface area contributed by atoms with Gasteiger partial charge in [0, 0.05) is 26.2 Å². The fourth-order valence-electron chi connectivity index (χ4n) is 2.46. The lowest BCUT2D eigenvalue weighted by molar-refractivity contribution is -0.155. The van der Waals surface area contributed by atoms with Crippen molar-refractivity contribution in [3.05, 3.63) is 0 Å². The van der Waals surface area contributed by atoms with E-state index in [0.29, 0.717) is 32.5 Å². The molecule has 2 fully saturated rings. The van der Waals surface area contributed by atoms with Gasteiger partial charge in [-0.2, -0.15) is 0 Å². The highest BCUT2D eigenvalue weighted by atomic mass is 16.5. The summed E-state index contributed by atoms with van der Waals surface area (Å²) < 4.78 is 5.28. The molecule has 1 N–H and O–H groups in total. The van der Waals surface area contributed by atoms with Gasteiger partial charge in [-0.25, -0.2) is 4.79 Å². The van der Waals surface area contributed by atoms with Crippen molar-refractivity contribution in [2.24, 2.45) is 0 Å². The minimum Gasteiger partial charge on any atom is -0.479 e. The van der Waals surface area contributed by atoms with Crippen molar-refractivity contribution in [2.45, 2.75) is 25.0 Å². The third-order valence-corrected chi connectivity index (χ3v) is 3.57. The second-order valence-corrected chi connectivity index (χ2v) is 4.83. The lowest BCUT2D eigenvalue weighted by Crippen LogP contribution is -2.51. The van der Waals surface area contributed by atoms with E-state index < -0.39 is 18.2 Å². The molecule has 2 rings (SSSR count). The Morgan fingerprint density at radius 3 is 2.37 bits per heavy atom. The molecule has 0 aromatic carbocycles. The van der Waals surface area contributed by atoms with Gasteiger partial charge < -0.3 is 14.7 Å². The number of hydrogen-bond acceptors (Lipinski definition) is 4. The number of aliphatic carboxylic acids is 1. The number of terminal acetylenes is 1. The Morgan fingerprint density at radius 2 is 1.84 bits per heavy atom. The first-order valence-electron chi connectivity index (χ1n) is 6.44. The van der Waals surface area contributed by atoms with Gasteiger partial charge in [-0.3, -0.25) is 9.69 Å². The van der Waals surface area contributed by atoms with E-state index in [2.05, 4.69) is 10.8 Å². The van der Waals surface area contributed by atoms with E-state index >= 15 is 0 Å². The molecule has 2 saturated heterocycles. The summed E-state index contributed by atoms with van der Waals surface area (Å²) in [4.78, 5) is 26.8. The van der Waals surface area contributed by atoms with Crippen LogP contribution in [0.25, 0.3) is 0 Å². The van der Waals surface area contributed by atoms with Crippen molar-refractivity contribution >= 4 is 11.9 Å². The maximum Gasteiger partial charge on any atom is 0.332 e. The summed E-state index contributed by atoms with van der Waals surface area (Å²) in [6.07, 6.45) is 4.71. The van der Waals surface area contributed by atoms with E-state index in [-0.39, 0.29) is 5.91 Å². The average molecular weight is 266 g/mol. The Morgan fingerprint density at radius 1 is 1.21 bits per heavy atom. The Bertz CT molecular complexity index is 396. The Kier molecular flexibility index (Phi) is 4.40. The predicted octanol–water partition coefficient (Wildman–Crippen LogP) is -0.604. The van der Waals surface area contributed by atoms with Crippen molar-refractivity contribution in [1.82, 2.24) is 9.80 Å². The number of amides is 1. The van der Waals surface area contributed by atoms with E-state index in [0.717, 1.165) is 13.1 Å². The molecule has 2 atom stereocenters. The van der Waals surface area contributed by atoms with Crippen molar-refractivity contribution in [1.29, 1.82) is 0 Å². The van der Waals surface area contributed by atoms with Crippen LogP contribution in [0.5, 0.6) is 0 Å². The summed E-state index contributed by atoms with van der Waals surface area (Å²) in [6.45, 7) is 3.36. The van der Waals surface area contributed by atoms with E-state index in [1.807, 2.05) is 0 Å². The molecule has 2 aliphatic rings. The molecule has 6 heteroatoms. The normalized spacial score (nSPS) is 28.1. The number of nitrogens with zero attached hydrogens (tertiary/aromatic N) is 2. The van der Waals surface area contributed by atoms with Gasteiger partial charge in [0.05, 0.1) is 6.54 Å². The van der Waals surface area contributed by atoms with Crippen LogP contribution in [0.3, 0.4) is 0 Å². The molecule has 1 amide bonds. The van der Waals surface area contributed by atoms with Crippen LogP contribution in [-0.4, -0.2) is 71.7 Å². The highest BCUT2D eigenvalue weighted by Gasteiger charge is 2.37. The zero-order chi connectivity index (χ0) is 13.8. The highest BCUT2D eigenvalue weighted by molar-refractivity contribution is 5.82. The topological polar surface area (TPSA) is 70.1 Å². The van der Waals surface area contributed by atoms with Gasteiger partial charge in [-0.15, -0.1) is 6.42 Å². The third kappa shape index (κ3) is 3.25. The molecular formula is C13H18N2O4. The summed E-state index contributed by atoms with van der Waals surface area (Å²) >= 11 is 0. The fourth-order valence-corrected chi connectivity index (χ4v) is 2.46. The van der Waals surface area contributed by atoms with Crippen LogP contribution in [0.4, 0.5) is 0 Å². The van der Waals surface area contributed by atoms with E-state index in [4.69, 9.17) is 16.3 Å². The molecule has 2 aliphatic heterocycles. The lowest BCUT2D eigenvalue weighted by Gasteiger charge is -2.34. The Labute approximate surface area is 112 Å². The molecular weight excluding hydrogens is 248 g/mol. The van der Waals surface area contributed by atoms with Crippen LogP contribution in [0, 0.1) is 12.3 Å². The quantitative estimate of drug-likeness (QED) is 0.691. The minimum absolute atomic E-state index is 0.0934. The van der Waals surface area contributed by atoms with Crippen LogP contribution >= 0.6 is 0 Å². The molecule has 2 heterocycles. The number of carboxylic acids is 1. The van der Waals surface area contributed by atoms with Crippen LogP contribution < -0.4 is 0 Å². The van der Waals surface area contributed by atoms with Crippen molar-refractivity contribution in [3.8, 4) is 12.3 Å². The van der Waals surface area contributed by atoms with E-state index in [1.165, 1.54) is 0 Å². The monoisotopic (exact) mass is 266 g/mol. The Hall–Kier alpha value is -1.58. The number of rotatable bonds is 3. The largest absolute Gasteiger partial charge is 0.479 e. The summed E-state index contributed by atoms with van der Waals surface area (Å²) in [7, 11) is 0. The van der Waals surface area contributed by atoms with Crippen molar-refractivity contribution in [2.75, 3.05) is 32.7 Å². The standard InChI is InChI=1S/C13H18N2O4/c1-2-5-14-6-8-15(9-7-14)12(16)10-3-4-11(19-10)13(17)18/h1,10-11H,3-9H2,(H,17,18)/t10-,11+/m0/s1. The number of piperazine rings is 1. The van der Waals surface area contributed by atoms with Crippen LogP contribution in [0.15, 0.2) is 0 Å². The predicted molar refractivity (Wildman–Crippen MR) is 67.4 cm³/mol. The molecule has 0 aromatic heterocycles. The van der Waals surface area contributed by atoms with Gasteiger partial charge in [0.25, 0.3) is 5.91 Å². The smallest absolute Gasteiger partial charge is 0.332 e. The first kappa shape index (κ1) is 13.8. The highest BCUT2D eigenvalue weighted by Crippen LogP contribution is 2.22. The molecule has 6 nitrogen and oxygen atoms in total. The van der Waals surface area contributed by atoms with Gasteiger partial charge in [-0.1, -0.05) is 5.92 Å². The minimum atomic E-state index is -0.992. The second kappa shape index (κ2) is 6.04. The SMILES string of the molecule is C#CCN1CCN(C(=O)[C@@H]2CC[C@H](C(=O)O)O2)CC1. The summed E-state index contributed by atoms with van der Waals surface area (Å²) in [5.41, 5.74) is 0. The summed E-state index contributed by atoms with van der Waals surface area (Å²) in [5, 5.41) is 8.84. The first-order valence-corrected chi connectivity index (χ1v) is 6.44. The molecule has 0 aromatic rings.